The van der Waals surface area contributed by atoms with Gasteiger partial charge in [0.2, 0.25) is 0 Å². The number of hydrogen-bond acceptors (Lipinski definition) is 4. The van der Waals surface area contributed by atoms with Crippen molar-refractivity contribution in [1.82, 2.24) is 9.80 Å². The Morgan fingerprint density at radius 1 is 1.03 bits per heavy atom. The van der Waals surface area contributed by atoms with Crippen LogP contribution in [0.4, 0.5) is 10.5 Å². The maximum absolute atomic E-state index is 13.4. The zero-order valence-corrected chi connectivity index (χ0v) is 17.2. The zero-order chi connectivity index (χ0) is 20.8. The fourth-order valence-corrected chi connectivity index (χ4v) is 3.56. The number of aliphatic hydroxyl groups is 1. The molecule has 0 radical (unpaired) electrons. The summed E-state index contributed by atoms with van der Waals surface area (Å²) in [5.74, 6) is -0.308. The van der Waals surface area contributed by atoms with Crippen molar-refractivity contribution >= 4 is 17.5 Å². The Hall–Kier alpha value is -2.70. The van der Waals surface area contributed by atoms with Gasteiger partial charge in [-0.25, -0.2) is 4.79 Å². The van der Waals surface area contributed by atoms with Crippen LogP contribution in [0.2, 0.25) is 0 Å². The summed E-state index contributed by atoms with van der Waals surface area (Å²) in [6, 6.07) is 15.0. The number of amides is 2. The third-order valence-corrected chi connectivity index (χ3v) is 5.39. The Balaban J connectivity index is 1.82. The van der Waals surface area contributed by atoms with Crippen LogP contribution in [-0.4, -0.2) is 66.1 Å². The number of ketones is 1. The van der Waals surface area contributed by atoms with Crippen LogP contribution in [0.25, 0.3) is 0 Å². The van der Waals surface area contributed by atoms with E-state index in [1.807, 2.05) is 48.2 Å². The number of aryl methyl sites for hydroxylation is 1. The predicted molar refractivity (Wildman–Crippen MR) is 114 cm³/mol. The molecular weight excluding hydrogens is 366 g/mol. The van der Waals surface area contributed by atoms with Crippen molar-refractivity contribution in [3.63, 3.8) is 0 Å². The van der Waals surface area contributed by atoms with E-state index >= 15 is 0 Å². The fraction of sp³-hybridized carbons (Fsp3) is 0.391. The van der Waals surface area contributed by atoms with Gasteiger partial charge in [-0.1, -0.05) is 43.3 Å². The molecule has 0 spiro atoms. The van der Waals surface area contributed by atoms with Gasteiger partial charge in [-0.3, -0.25) is 9.69 Å². The Kier molecular flexibility index (Phi) is 7.01. The van der Waals surface area contributed by atoms with Crippen molar-refractivity contribution in [3.8, 4) is 0 Å². The number of likely N-dealkylation sites (N-methyl/N-ethyl adjacent to an activating group) is 1. The van der Waals surface area contributed by atoms with E-state index in [9.17, 15) is 9.59 Å². The van der Waals surface area contributed by atoms with E-state index in [0.717, 1.165) is 49.5 Å². The smallest absolute Gasteiger partial charge is 0.324 e. The fourth-order valence-electron chi connectivity index (χ4n) is 3.56. The second-order valence-corrected chi connectivity index (χ2v) is 7.41. The van der Waals surface area contributed by atoms with E-state index in [0.29, 0.717) is 12.1 Å². The molecule has 1 heterocycles. The average molecular weight is 396 g/mol. The van der Waals surface area contributed by atoms with Crippen molar-refractivity contribution in [2.75, 3.05) is 44.2 Å². The third-order valence-electron chi connectivity index (χ3n) is 5.39. The molecule has 0 aromatic heterocycles. The maximum atomic E-state index is 13.4. The quantitative estimate of drug-likeness (QED) is 0.764. The molecule has 3 rings (SSSR count). The predicted octanol–water partition coefficient (Wildman–Crippen LogP) is 2.93. The van der Waals surface area contributed by atoms with Gasteiger partial charge in [-0.05, 0) is 36.7 Å². The topological polar surface area (TPSA) is 64.1 Å². The summed E-state index contributed by atoms with van der Waals surface area (Å²) in [4.78, 5) is 31.1. The van der Waals surface area contributed by atoms with Crippen molar-refractivity contribution < 1.29 is 14.7 Å². The molecule has 0 bridgehead atoms. The van der Waals surface area contributed by atoms with Crippen molar-refractivity contribution in [1.29, 1.82) is 0 Å². The van der Waals surface area contributed by atoms with E-state index in [2.05, 4.69) is 11.8 Å². The molecule has 1 aliphatic heterocycles. The molecule has 1 saturated heterocycles. The number of piperazine rings is 1. The third kappa shape index (κ3) is 5.22. The maximum Gasteiger partial charge on any atom is 0.324 e. The van der Waals surface area contributed by atoms with Crippen molar-refractivity contribution in [2.24, 2.45) is 0 Å². The van der Waals surface area contributed by atoms with Gasteiger partial charge in [-0.2, -0.15) is 0 Å². The standard InChI is InChI=1S/C23H29N3O3/c1-3-24-11-13-25(14-12-24)23(29)26(21-6-4-5-18(2)15-21)16-19-7-9-20(10-8-19)22(28)17-27/h4-10,15,27H,3,11-14,16-17H2,1-2H3. The highest BCUT2D eigenvalue weighted by Crippen LogP contribution is 2.22. The van der Waals surface area contributed by atoms with Gasteiger partial charge in [0.15, 0.2) is 5.78 Å². The molecule has 0 saturated carbocycles. The van der Waals surface area contributed by atoms with Crippen LogP contribution in [-0.2, 0) is 6.54 Å². The van der Waals surface area contributed by atoms with Crippen molar-refractivity contribution in [3.05, 3.63) is 65.2 Å². The summed E-state index contributed by atoms with van der Waals surface area (Å²) in [6.45, 7) is 8.30. The second kappa shape index (κ2) is 9.67. The van der Waals surface area contributed by atoms with Gasteiger partial charge in [0.25, 0.3) is 0 Å². The molecule has 0 unspecified atom stereocenters. The van der Waals surface area contributed by atoms with E-state index in [4.69, 9.17) is 5.11 Å². The molecule has 2 aromatic rings. The molecule has 1 aliphatic rings. The summed E-state index contributed by atoms with van der Waals surface area (Å²) in [5.41, 5.74) is 3.37. The van der Waals surface area contributed by atoms with Crippen LogP contribution in [0, 0.1) is 6.92 Å². The molecule has 1 N–H and O–H groups in total. The lowest BCUT2D eigenvalue weighted by Crippen LogP contribution is -2.52. The Bertz CT molecular complexity index is 843. The lowest BCUT2D eigenvalue weighted by atomic mass is 10.1. The highest BCUT2D eigenvalue weighted by atomic mass is 16.3. The Morgan fingerprint density at radius 3 is 2.31 bits per heavy atom. The first-order chi connectivity index (χ1) is 14.0. The van der Waals surface area contributed by atoms with Gasteiger partial charge >= 0.3 is 6.03 Å². The minimum Gasteiger partial charge on any atom is -0.388 e. The SMILES string of the molecule is CCN1CCN(C(=O)N(Cc2ccc(C(=O)CO)cc2)c2cccc(C)c2)CC1. The number of nitrogens with zero attached hydrogens (tertiary/aromatic N) is 3. The molecule has 2 aromatic carbocycles. The second-order valence-electron chi connectivity index (χ2n) is 7.41. The van der Waals surface area contributed by atoms with Crippen LogP contribution < -0.4 is 4.90 Å². The highest BCUT2D eigenvalue weighted by molar-refractivity contribution is 5.97. The number of carbonyl (C=O) groups excluding carboxylic acids is 2. The average Bonchev–Trinajstić information content (AvgIpc) is 2.77. The van der Waals surface area contributed by atoms with E-state index in [1.165, 1.54) is 0 Å². The van der Waals surface area contributed by atoms with E-state index < -0.39 is 6.61 Å². The van der Waals surface area contributed by atoms with Crippen LogP contribution in [0.3, 0.4) is 0 Å². The number of hydrogen-bond donors (Lipinski definition) is 1. The number of Topliss-reactive ketones (excluding diaryl/α,β-unsaturated/α-hetero) is 1. The Morgan fingerprint density at radius 2 is 1.72 bits per heavy atom. The first-order valence-corrected chi connectivity index (χ1v) is 10.1. The summed E-state index contributed by atoms with van der Waals surface area (Å²) in [7, 11) is 0. The van der Waals surface area contributed by atoms with Gasteiger partial charge in [-0.15, -0.1) is 0 Å². The number of urea groups is 1. The van der Waals surface area contributed by atoms with Gasteiger partial charge in [0.1, 0.15) is 6.61 Å². The summed E-state index contributed by atoms with van der Waals surface area (Å²) in [5, 5.41) is 9.02. The first-order valence-electron chi connectivity index (χ1n) is 10.1. The van der Waals surface area contributed by atoms with E-state index in [-0.39, 0.29) is 11.8 Å². The molecule has 2 amide bonds. The molecular formula is C23H29N3O3. The molecule has 0 aliphatic carbocycles. The minimum atomic E-state index is -0.503. The highest BCUT2D eigenvalue weighted by Gasteiger charge is 2.26. The molecule has 6 heteroatoms. The normalized spacial score (nSPS) is 14.7. The van der Waals surface area contributed by atoms with Crippen LogP contribution in [0.1, 0.15) is 28.4 Å². The molecule has 154 valence electrons. The van der Waals surface area contributed by atoms with Gasteiger partial charge < -0.3 is 14.9 Å². The molecule has 1 fully saturated rings. The van der Waals surface area contributed by atoms with Gasteiger partial charge in [0.05, 0.1) is 6.54 Å². The molecule has 0 atom stereocenters. The largest absolute Gasteiger partial charge is 0.388 e. The Labute approximate surface area is 172 Å². The summed E-state index contributed by atoms with van der Waals surface area (Å²) >= 11 is 0. The lowest BCUT2D eigenvalue weighted by molar-refractivity contribution is 0.0903. The number of benzene rings is 2. The lowest BCUT2D eigenvalue weighted by Gasteiger charge is -2.37. The van der Waals surface area contributed by atoms with Gasteiger partial charge in [0, 0.05) is 37.4 Å². The first kappa shape index (κ1) is 21.0. The summed E-state index contributed by atoms with van der Waals surface area (Å²) < 4.78 is 0. The van der Waals surface area contributed by atoms with Crippen LogP contribution >= 0.6 is 0 Å². The number of carbonyl (C=O) groups is 2. The molecule has 29 heavy (non-hydrogen) atoms. The number of aliphatic hydroxyl groups excluding tert-OH is 1. The van der Waals surface area contributed by atoms with Crippen LogP contribution in [0.5, 0.6) is 0 Å². The zero-order valence-electron chi connectivity index (χ0n) is 17.2. The molecule has 6 nitrogen and oxygen atoms in total. The number of rotatable bonds is 6. The summed E-state index contributed by atoms with van der Waals surface area (Å²) in [6.07, 6.45) is 0. The van der Waals surface area contributed by atoms with Crippen molar-refractivity contribution in [2.45, 2.75) is 20.4 Å². The minimum absolute atomic E-state index is 0.00173. The van der Waals surface area contributed by atoms with Crippen LogP contribution in [0.15, 0.2) is 48.5 Å². The van der Waals surface area contributed by atoms with E-state index in [1.54, 1.807) is 17.0 Å². The monoisotopic (exact) mass is 395 g/mol. The number of anilines is 1.